The highest BCUT2D eigenvalue weighted by Gasteiger charge is 2.26. The molecule has 0 aliphatic heterocycles. The van der Waals surface area contributed by atoms with Crippen LogP contribution in [-0.2, 0) is 16.8 Å². The monoisotopic (exact) mass is 301 g/mol. The molecule has 3 N–H and O–H groups in total. The highest BCUT2D eigenvalue weighted by atomic mass is 32.2. The average Bonchev–Trinajstić information content (AvgIpc) is 2.37. The number of hydrogen-bond acceptors (Lipinski definition) is 4. The second-order valence-electron chi connectivity index (χ2n) is 5.30. The van der Waals surface area contributed by atoms with Gasteiger partial charge in [-0.2, -0.15) is 17.4 Å². The van der Waals surface area contributed by atoms with Gasteiger partial charge in [-0.25, -0.2) is 0 Å². The first-order valence-electron chi connectivity index (χ1n) is 6.28. The topological polar surface area (TPSA) is 84.7 Å². The van der Waals surface area contributed by atoms with E-state index in [9.17, 15) is 8.42 Å². The van der Waals surface area contributed by atoms with Crippen LogP contribution in [0.25, 0.3) is 0 Å². The molecule has 0 aromatic heterocycles. The van der Waals surface area contributed by atoms with Gasteiger partial charge in [0.15, 0.2) is 0 Å². The zero-order chi connectivity index (χ0) is 15.4. The van der Waals surface area contributed by atoms with Crippen LogP contribution in [0.4, 0.5) is 0 Å². The Morgan fingerprint density at radius 1 is 1.40 bits per heavy atom. The lowest BCUT2D eigenvalue weighted by atomic mass is 10.1. The molecular weight excluding hydrogens is 278 g/mol. The molecule has 1 aromatic rings. The highest BCUT2D eigenvalue weighted by Crippen LogP contribution is 2.15. The van der Waals surface area contributed by atoms with Crippen LogP contribution < -0.4 is 15.2 Å². The van der Waals surface area contributed by atoms with Crippen molar-refractivity contribution in [2.75, 3.05) is 20.7 Å². The SMILES string of the molecule is COc1cccc(CN(C)S(=O)(=O)NC(C)(C)CN)c1. The predicted molar refractivity (Wildman–Crippen MR) is 79.6 cm³/mol. The van der Waals surface area contributed by atoms with Crippen molar-refractivity contribution in [3.63, 3.8) is 0 Å². The van der Waals surface area contributed by atoms with Gasteiger partial charge in [0, 0.05) is 25.7 Å². The fourth-order valence-electron chi connectivity index (χ4n) is 1.58. The van der Waals surface area contributed by atoms with Crippen molar-refractivity contribution in [3.05, 3.63) is 29.8 Å². The van der Waals surface area contributed by atoms with Crippen molar-refractivity contribution in [2.24, 2.45) is 5.73 Å². The lowest BCUT2D eigenvalue weighted by Crippen LogP contribution is -2.52. The van der Waals surface area contributed by atoms with Gasteiger partial charge in [0.1, 0.15) is 5.75 Å². The number of hydrogen-bond donors (Lipinski definition) is 2. The molecule has 1 rings (SSSR count). The predicted octanol–water partition coefficient (Wildman–Crippen LogP) is 0.699. The summed E-state index contributed by atoms with van der Waals surface area (Å²) in [5.41, 5.74) is 5.71. The van der Waals surface area contributed by atoms with E-state index in [0.717, 1.165) is 5.56 Å². The average molecular weight is 301 g/mol. The summed E-state index contributed by atoms with van der Waals surface area (Å²) in [6.07, 6.45) is 0. The van der Waals surface area contributed by atoms with Gasteiger partial charge in [0.05, 0.1) is 7.11 Å². The molecule has 7 heteroatoms. The number of benzene rings is 1. The number of nitrogens with zero attached hydrogens (tertiary/aromatic N) is 1. The van der Waals surface area contributed by atoms with Gasteiger partial charge in [-0.3, -0.25) is 0 Å². The molecule has 0 spiro atoms. The zero-order valence-electron chi connectivity index (χ0n) is 12.4. The summed E-state index contributed by atoms with van der Waals surface area (Å²) in [5, 5.41) is 0. The van der Waals surface area contributed by atoms with Gasteiger partial charge >= 0.3 is 0 Å². The van der Waals surface area contributed by atoms with Crippen LogP contribution in [0.1, 0.15) is 19.4 Å². The Morgan fingerprint density at radius 2 is 2.05 bits per heavy atom. The largest absolute Gasteiger partial charge is 0.497 e. The lowest BCUT2D eigenvalue weighted by molar-refractivity contribution is 0.404. The maximum Gasteiger partial charge on any atom is 0.280 e. The normalized spacial score (nSPS) is 12.7. The minimum atomic E-state index is -3.59. The summed E-state index contributed by atoms with van der Waals surface area (Å²) in [4.78, 5) is 0. The standard InChI is InChI=1S/C13H23N3O3S/c1-13(2,10-14)15-20(17,18)16(3)9-11-6-5-7-12(8-11)19-4/h5-8,15H,9-10,14H2,1-4H3. The van der Waals surface area contributed by atoms with E-state index in [1.54, 1.807) is 27.0 Å². The van der Waals surface area contributed by atoms with Gasteiger partial charge < -0.3 is 10.5 Å². The Bertz CT molecular complexity index is 544. The number of rotatable bonds is 7. The molecule has 0 bridgehead atoms. The van der Waals surface area contributed by atoms with Crippen molar-refractivity contribution in [3.8, 4) is 5.75 Å². The van der Waals surface area contributed by atoms with Crippen molar-refractivity contribution in [1.29, 1.82) is 0 Å². The molecular formula is C13H23N3O3S. The van der Waals surface area contributed by atoms with Crippen LogP contribution in [-0.4, -0.2) is 39.0 Å². The van der Waals surface area contributed by atoms with Gasteiger partial charge in [-0.05, 0) is 31.5 Å². The molecule has 0 atom stereocenters. The second kappa shape index (κ2) is 6.53. The molecule has 0 amide bonds. The van der Waals surface area contributed by atoms with Gasteiger partial charge in [0.25, 0.3) is 10.2 Å². The van der Waals surface area contributed by atoms with Crippen molar-refractivity contribution < 1.29 is 13.2 Å². The molecule has 0 radical (unpaired) electrons. The van der Waals surface area contributed by atoms with Crippen molar-refractivity contribution in [2.45, 2.75) is 25.9 Å². The van der Waals surface area contributed by atoms with Crippen molar-refractivity contribution in [1.82, 2.24) is 9.03 Å². The zero-order valence-corrected chi connectivity index (χ0v) is 13.2. The molecule has 20 heavy (non-hydrogen) atoms. The van der Waals surface area contributed by atoms with E-state index in [1.165, 1.54) is 11.4 Å². The van der Waals surface area contributed by atoms with Gasteiger partial charge in [0.2, 0.25) is 0 Å². The Hall–Kier alpha value is -1.15. The first kappa shape index (κ1) is 16.9. The summed E-state index contributed by atoms with van der Waals surface area (Å²) < 4.78 is 33.3. The van der Waals surface area contributed by atoms with Crippen LogP contribution in [0.2, 0.25) is 0 Å². The molecule has 0 fully saturated rings. The summed E-state index contributed by atoms with van der Waals surface area (Å²) in [7, 11) is -0.489. The molecule has 0 unspecified atom stereocenters. The fourth-order valence-corrected chi connectivity index (χ4v) is 2.84. The quantitative estimate of drug-likeness (QED) is 0.776. The minimum absolute atomic E-state index is 0.221. The van der Waals surface area contributed by atoms with Crippen molar-refractivity contribution >= 4 is 10.2 Å². The van der Waals surface area contributed by atoms with E-state index >= 15 is 0 Å². The Labute approximate surface area is 121 Å². The number of nitrogens with two attached hydrogens (primary N) is 1. The van der Waals surface area contributed by atoms with Crippen LogP contribution in [0.15, 0.2) is 24.3 Å². The van der Waals surface area contributed by atoms with E-state index in [1.807, 2.05) is 18.2 Å². The summed E-state index contributed by atoms with van der Waals surface area (Å²) in [5.74, 6) is 0.698. The lowest BCUT2D eigenvalue weighted by Gasteiger charge is -2.27. The molecule has 0 saturated carbocycles. The van der Waals surface area contributed by atoms with E-state index in [2.05, 4.69) is 4.72 Å². The number of nitrogens with one attached hydrogen (secondary N) is 1. The Kier molecular flexibility index (Phi) is 5.52. The Balaban J connectivity index is 2.81. The first-order valence-corrected chi connectivity index (χ1v) is 7.72. The van der Waals surface area contributed by atoms with Gasteiger partial charge in [-0.15, -0.1) is 0 Å². The molecule has 0 saturated heterocycles. The fraction of sp³-hybridized carbons (Fsp3) is 0.538. The third-order valence-electron chi connectivity index (χ3n) is 2.87. The van der Waals surface area contributed by atoms with E-state index < -0.39 is 15.7 Å². The smallest absolute Gasteiger partial charge is 0.280 e. The third kappa shape index (κ3) is 4.75. The van der Waals surface area contributed by atoms with E-state index in [-0.39, 0.29) is 13.1 Å². The molecule has 114 valence electrons. The highest BCUT2D eigenvalue weighted by molar-refractivity contribution is 7.87. The minimum Gasteiger partial charge on any atom is -0.497 e. The summed E-state index contributed by atoms with van der Waals surface area (Å²) >= 11 is 0. The molecule has 0 heterocycles. The molecule has 0 aliphatic carbocycles. The molecule has 1 aromatic carbocycles. The first-order chi connectivity index (χ1) is 9.20. The van der Waals surface area contributed by atoms with Crippen LogP contribution in [0.3, 0.4) is 0 Å². The maximum atomic E-state index is 12.2. The third-order valence-corrected chi connectivity index (χ3v) is 4.63. The van der Waals surface area contributed by atoms with Crippen LogP contribution in [0, 0.1) is 0 Å². The van der Waals surface area contributed by atoms with Gasteiger partial charge in [-0.1, -0.05) is 12.1 Å². The van der Waals surface area contributed by atoms with E-state index in [0.29, 0.717) is 5.75 Å². The van der Waals surface area contributed by atoms with E-state index in [4.69, 9.17) is 10.5 Å². The number of methoxy groups -OCH3 is 1. The van der Waals surface area contributed by atoms with Crippen LogP contribution >= 0.6 is 0 Å². The second-order valence-corrected chi connectivity index (χ2v) is 7.08. The Morgan fingerprint density at radius 3 is 2.60 bits per heavy atom. The molecule has 6 nitrogen and oxygen atoms in total. The summed E-state index contributed by atoms with van der Waals surface area (Å²) in [6.45, 7) is 3.96. The van der Waals surface area contributed by atoms with Crippen LogP contribution in [0.5, 0.6) is 5.75 Å². The summed E-state index contributed by atoms with van der Waals surface area (Å²) in [6, 6.07) is 7.29. The number of ether oxygens (including phenoxy) is 1. The molecule has 0 aliphatic rings. The maximum absolute atomic E-state index is 12.2.